The fourth-order valence-electron chi connectivity index (χ4n) is 6.98. The standard InChI is InChI=1S/C38H46Cl2N6O6S/c1-5-52-32-22-26(4)33(53(49,50)42-25(2)3)23-31(32)37-41-35(27-6-10-29(39)11-7-27)36(28-8-12-30(40)13-9-28)46(37)38(48)45-16-14-43(15-17-45)24-34(47)44-18-20-51-21-19-44/h6-13,22-23,25,35-36,42H,5,14-21,24H2,1-4H3/t35-,36+/m0/s1. The number of morpholine rings is 1. The highest BCUT2D eigenvalue weighted by atomic mass is 35.5. The van der Waals surface area contributed by atoms with Crippen LogP contribution in [0.2, 0.25) is 10.0 Å². The molecule has 3 aliphatic heterocycles. The minimum absolute atomic E-state index is 0.0520. The first-order valence-corrected chi connectivity index (χ1v) is 20.1. The van der Waals surface area contributed by atoms with Crippen LogP contribution in [0.15, 0.2) is 70.6 Å². The molecule has 2 fully saturated rings. The fourth-order valence-corrected chi connectivity index (χ4v) is 8.74. The van der Waals surface area contributed by atoms with Crippen molar-refractivity contribution in [1.82, 2.24) is 24.3 Å². The maximum atomic E-state index is 15.1. The van der Waals surface area contributed by atoms with Gasteiger partial charge in [0.2, 0.25) is 15.9 Å². The molecule has 3 aromatic carbocycles. The minimum atomic E-state index is -3.94. The topological polar surface area (TPSA) is 124 Å². The first kappa shape index (κ1) is 39.0. The molecule has 3 aromatic rings. The van der Waals surface area contributed by atoms with Crippen LogP contribution in [0.4, 0.5) is 4.79 Å². The molecule has 0 radical (unpaired) electrons. The van der Waals surface area contributed by atoms with E-state index in [2.05, 4.69) is 9.62 Å². The minimum Gasteiger partial charge on any atom is -0.493 e. The molecule has 3 amide bonds. The molecular formula is C38H46Cl2N6O6S. The van der Waals surface area contributed by atoms with Crippen molar-refractivity contribution in [3.8, 4) is 5.75 Å². The van der Waals surface area contributed by atoms with E-state index in [4.69, 9.17) is 37.7 Å². The van der Waals surface area contributed by atoms with Gasteiger partial charge in [0.05, 0.1) is 42.9 Å². The molecule has 0 unspecified atom stereocenters. The number of amides is 3. The number of rotatable bonds is 10. The van der Waals surface area contributed by atoms with Crippen LogP contribution in [0, 0.1) is 6.92 Å². The van der Waals surface area contributed by atoms with Crippen LogP contribution in [-0.4, -0.2) is 117 Å². The van der Waals surface area contributed by atoms with Crippen molar-refractivity contribution >= 4 is 51.0 Å². The zero-order valence-electron chi connectivity index (χ0n) is 30.4. The average molecular weight is 786 g/mol. The lowest BCUT2D eigenvalue weighted by Gasteiger charge is -2.39. The van der Waals surface area contributed by atoms with Crippen molar-refractivity contribution < 1.29 is 27.5 Å². The summed E-state index contributed by atoms with van der Waals surface area (Å²) in [5, 5.41) is 1.10. The number of hydrogen-bond donors (Lipinski definition) is 1. The van der Waals surface area contributed by atoms with Gasteiger partial charge in [0.15, 0.2) is 0 Å². The van der Waals surface area contributed by atoms with Crippen molar-refractivity contribution in [3.05, 3.63) is 93.0 Å². The van der Waals surface area contributed by atoms with Crippen LogP contribution in [-0.2, 0) is 19.6 Å². The third kappa shape index (κ3) is 8.82. The molecule has 12 nitrogen and oxygen atoms in total. The number of carbonyl (C=O) groups excluding carboxylic acids is 2. The highest BCUT2D eigenvalue weighted by Crippen LogP contribution is 2.46. The van der Waals surface area contributed by atoms with Crippen LogP contribution in [0.25, 0.3) is 0 Å². The number of piperazine rings is 1. The van der Waals surface area contributed by atoms with Gasteiger partial charge in [-0.05, 0) is 80.8 Å². The molecule has 2 saturated heterocycles. The molecule has 0 bridgehead atoms. The van der Waals surface area contributed by atoms with Crippen LogP contribution >= 0.6 is 23.2 Å². The number of aryl methyl sites for hydroxylation is 1. The second-order valence-electron chi connectivity index (χ2n) is 13.7. The van der Waals surface area contributed by atoms with E-state index < -0.39 is 22.1 Å². The molecule has 3 heterocycles. The van der Waals surface area contributed by atoms with Crippen molar-refractivity contribution in [1.29, 1.82) is 0 Å². The van der Waals surface area contributed by atoms with Crippen molar-refractivity contribution in [2.24, 2.45) is 4.99 Å². The Morgan fingerprint density at radius 3 is 2.09 bits per heavy atom. The second kappa shape index (κ2) is 16.7. The Morgan fingerprint density at radius 2 is 1.51 bits per heavy atom. The van der Waals surface area contributed by atoms with Gasteiger partial charge in [-0.1, -0.05) is 47.5 Å². The number of ether oxygens (including phenoxy) is 2. The number of nitrogens with one attached hydrogen (secondary N) is 1. The highest BCUT2D eigenvalue weighted by Gasteiger charge is 2.45. The molecule has 0 saturated carbocycles. The molecule has 0 aliphatic carbocycles. The molecule has 15 heteroatoms. The van der Waals surface area contributed by atoms with Crippen molar-refractivity contribution in [2.75, 3.05) is 65.6 Å². The van der Waals surface area contributed by atoms with E-state index in [0.29, 0.717) is 86.0 Å². The number of nitrogens with zero attached hydrogens (tertiary/aromatic N) is 5. The van der Waals surface area contributed by atoms with Gasteiger partial charge in [-0.2, -0.15) is 0 Å². The number of amidine groups is 1. The van der Waals surface area contributed by atoms with Crippen molar-refractivity contribution in [3.63, 3.8) is 0 Å². The molecular weight excluding hydrogens is 739 g/mol. The van der Waals surface area contributed by atoms with E-state index in [-0.39, 0.29) is 35.3 Å². The smallest absolute Gasteiger partial charge is 0.326 e. The third-order valence-corrected chi connectivity index (χ3v) is 11.9. The molecule has 6 rings (SSSR count). The summed E-state index contributed by atoms with van der Waals surface area (Å²) < 4.78 is 41.6. The lowest BCUT2D eigenvalue weighted by molar-refractivity contribution is -0.136. The summed E-state index contributed by atoms with van der Waals surface area (Å²) in [6.07, 6.45) is 0. The molecule has 284 valence electrons. The van der Waals surface area contributed by atoms with Crippen LogP contribution in [0.3, 0.4) is 0 Å². The summed E-state index contributed by atoms with van der Waals surface area (Å²) in [6, 6.07) is 16.0. The van der Waals surface area contributed by atoms with Crippen molar-refractivity contribution in [2.45, 2.75) is 50.7 Å². The monoisotopic (exact) mass is 784 g/mol. The summed E-state index contributed by atoms with van der Waals surface area (Å²) >= 11 is 12.7. The first-order valence-electron chi connectivity index (χ1n) is 17.9. The summed E-state index contributed by atoms with van der Waals surface area (Å²) in [6.45, 7) is 11.7. The quantitative estimate of drug-likeness (QED) is 0.287. The second-order valence-corrected chi connectivity index (χ2v) is 16.2. The van der Waals surface area contributed by atoms with Gasteiger partial charge < -0.3 is 19.3 Å². The predicted molar refractivity (Wildman–Crippen MR) is 205 cm³/mol. The van der Waals surface area contributed by atoms with Gasteiger partial charge in [-0.3, -0.25) is 19.6 Å². The van der Waals surface area contributed by atoms with Crippen LogP contribution in [0.1, 0.15) is 55.1 Å². The Morgan fingerprint density at radius 1 is 0.906 bits per heavy atom. The maximum Gasteiger partial charge on any atom is 0.326 e. The van der Waals surface area contributed by atoms with Crippen LogP contribution in [0.5, 0.6) is 5.75 Å². The third-order valence-electron chi connectivity index (χ3n) is 9.56. The number of benzene rings is 3. The number of carbonyl (C=O) groups is 2. The summed E-state index contributed by atoms with van der Waals surface area (Å²) in [5.74, 6) is 0.739. The van der Waals surface area contributed by atoms with E-state index in [1.807, 2.05) is 36.1 Å². The Labute approximate surface area is 321 Å². The summed E-state index contributed by atoms with van der Waals surface area (Å²) in [7, 11) is -3.94. The predicted octanol–water partition coefficient (Wildman–Crippen LogP) is 5.53. The Balaban J connectivity index is 1.43. The van der Waals surface area contributed by atoms with E-state index in [0.717, 1.165) is 11.1 Å². The van der Waals surface area contributed by atoms with Crippen LogP contribution < -0.4 is 9.46 Å². The van der Waals surface area contributed by atoms with Gasteiger partial charge in [-0.15, -0.1) is 0 Å². The Hall–Kier alpha value is -3.72. The summed E-state index contributed by atoms with van der Waals surface area (Å²) in [4.78, 5) is 40.7. The first-order chi connectivity index (χ1) is 25.4. The number of hydrogen-bond acceptors (Lipinski definition) is 8. The zero-order chi connectivity index (χ0) is 37.9. The zero-order valence-corrected chi connectivity index (χ0v) is 32.8. The lowest BCUT2D eigenvalue weighted by Crippen LogP contribution is -2.56. The summed E-state index contributed by atoms with van der Waals surface area (Å²) in [5.41, 5.74) is 2.47. The van der Waals surface area contributed by atoms with Gasteiger partial charge in [0.25, 0.3) is 0 Å². The van der Waals surface area contributed by atoms with E-state index >= 15 is 4.79 Å². The molecule has 53 heavy (non-hydrogen) atoms. The van der Waals surface area contributed by atoms with Gasteiger partial charge in [-0.25, -0.2) is 17.9 Å². The highest BCUT2D eigenvalue weighted by molar-refractivity contribution is 7.89. The fraction of sp³-hybridized carbons (Fsp3) is 0.447. The van der Waals surface area contributed by atoms with Gasteiger partial charge in [0.1, 0.15) is 17.6 Å². The van der Waals surface area contributed by atoms with Gasteiger partial charge in [0, 0.05) is 55.4 Å². The SMILES string of the molecule is CCOc1cc(C)c(S(=O)(=O)NC(C)C)cc1C1=N[C@@H](c2ccc(Cl)cc2)[C@@H](c2ccc(Cl)cc2)N1C(=O)N1CCN(CC(=O)N2CCOCC2)CC1. The van der Waals surface area contributed by atoms with E-state index in [1.165, 1.54) is 0 Å². The average Bonchev–Trinajstić information content (AvgIpc) is 3.52. The molecule has 0 spiro atoms. The number of sulfonamides is 1. The number of aliphatic imine (C=N–C) groups is 1. The molecule has 1 N–H and O–H groups in total. The number of urea groups is 1. The molecule has 0 aromatic heterocycles. The Bertz CT molecular complexity index is 1930. The molecule has 3 aliphatic rings. The van der Waals surface area contributed by atoms with E-state index in [9.17, 15) is 13.2 Å². The molecule has 2 atom stereocenters. The lowest BCUT2D eigenvalue weighted by atomic mass is 9.93. The van der Waals surface area contributed by atoms with E-state index in [1.54, 1.807) is 67.0 Å². The largest absolute Gasteiger partial charge is 0.493 e. The normalized spacial score (nSPS) is 19.8. The Kier molecular flexibility index (Phi) is 12.3. The number of halogens is 2. The maximum absolute atomic E-state index is 15.1. The van der Waals surface area contributed by atoms with Gasteiger partial charge >= 0.3 is 6.03 Å².